The zero-order valence-electron chi connectivity index (χ0n) is 17.4. The predicted octanol–water partition coefficient (Wildman–Crippen LogP) is 2.60. The van der Waals surface area contributed by atoms with E-state index >= 15 is 0 Å². The van der Waals surface area contributed by atoms with Gasteiger partial charge in [-0.15, -0.1) is 11.8 Å². The molecule has 0 saturated carbocycles. The second kappa shape index (κ2) is 10.4. The molecule has 0 aliphatic carbocycles. The molecule has 2 heterocycles. The standard InChI is InChI=1S/C21H25FN4O4S/c1-13-11-18(25-30-13)24-20(28)14(2)31-12-19(27)26-9-7-17(8-10-26)23-21(29)15-3-5-16(22)6-4-15/h3-6,11,14,17H,7-10,12H2,1-2H3,(H,23,29)(H,24,25,28). The molecule has 1 fully saturated rings. The molecule has 2 aromatic rings. The number of aromatic nitrogens is 1. The maximum Gasteiger partial charge on any atom is 0.251 e. The number of rotatable bonds is 7. The Labute approximate surface area is 183 Å². The number of hydrogen-bond donors (Lipinski definition) is 2. The third kappa shape index (κ3) is 6.55. The quantitative estimate of drug-likeness (QED) is 0.675. The van der Waals surface area contributed by atoms with E-state index in [1.165, 1.54) is 36.0 Å². The minimum Gasteiger partial charge on any atom is -0.360 e. The van der Waals surface area contributed by atoms with Gasteiger partial charge in [0.2, 0.25) is 11.8 Å². The van der Waals surface area contributed by atoms with Crippen LogP contribution in [0.1, 0.15) is 35.9 Å². The minimum atomic E-state index is -0.423. The van der Waals surface area contributed by atoms with Gasteiger partial charge in [0.25, 0.3) is 5.91 Å². The normalized spacial score (nSPS) is 15.4. The van der Waals surface area contributed by atoms with Crippen molar-refractivity contribution in [1.82, 2.24) is 15.4 Å². The number of amides is 3. The van der Waals surface area contributed by atoms with Gasteiger partial charge in [0.05, 0.1) is 11.0 Å². The number of carbonyl (C=O) groups excluding carboxylic acids is 3. The maximum atomic E-state index is 13.0. The molecule has 166 valence electrons. The van der Waals surface area contributed by atoms with Crippen molar-refractivity contribution in [3.8, 4) is 0 Å². The van der Waals surface area contributed by atoms with E-state index in [9.17, 15) is 18.8 Å². The van der Waals surface area contributed by atoms with Crippen LogP contribution in [0.15, 0.2) is 34.9 Å². The Bertz CT molecular complexity index is 926. The van der Waals surface area contributed by atoms with E-state index in [4.69, 9.17) is 4.52 Å². The van der Waals surface area contributed by atoms with Crippen LogP contribution < -0.4 is 10.6 Å². The van der Waals surface area contributed by atoms with Crippen molar-refractivity contribution in [2.45, 2.75) is 38.0 Å². The zero-order chi connectivity index (χ0) is 22.4. The molecule has 1 aliphatic rings. The van der Waals surface area contributed by atoms with E-state index in [2.05, 4.69) is 15.8 Å². The Morgan fingerprint density at radius 1 is 1.26 bits per heavy atom. The first-order valence-electron chi connectivity index (χ1n) is 10.0. The molecule has 3 rings (SSSR count). The highest BCUT2D eigenvalue weighted by Gasteiger charge is 2.25. The summed E-state index contributed by atoms with van der Waals surface area (Å²) >= 11 is 1.26. The van der Waals surface area contributed by atoms with Gasteiger partial charge in [-0.25, -0.2) is 4.39 Å². The number of anilines is 1. The van der Waals surface area contributed by atoms with Gasteiger partial charge in [-0.2, -0.15) is 0 Å². The Morgan fingerprint density at radius 3 is 2.55 bits per heavy atom. The fraction of sp³-hybridized carbons (Fsp3) is 0.429. The van der Waals surface area contributed by atoms with Crippen LogP contribution in [0.3, 0.4) is 0 Å². The summed E-state index contributed by atoms with van der Waals surface area (Å²) in [6.07, 6.45) is 1.29. The van der Waals surface area contributed by atoms with Crippen LogP contribution in [-0.4, -0.2) is 57.9 Å². The topological polar surface area (TPSA) is 105 Å². The van der Waals surface area contributed by atoms with Gasteiger partial charge in [0.15, 0.2) is 5.82 Å². The van der Waals surface area contributed by atoms with E-state index in [1.807, 2.05) is 0 Å². The maximum absolute atomic E-state index is 13.0. The first kappa shape index (κ1) is 22.8. The van der Waals surface area contributed by atoms with Gasteiger partial charge >= 0.3 is 0 Å². The Kier molecular flexibility index (Phi) is 7.67. The molecule has 1 aliphatic heterocycles. The molecule has 31 heavy (non-hydrogen) atoms. The summed E-state index contributed by atoms with van der Waals surface area (Å²) < 4.78 is 17.9. The largest absolute Gasteiger partial charge is 0.360 e. The Morgan fingerprint density at radius 2 is 1.94 bits per heavy atom. The molecule has 1 saturated heterocycles. The lowest BCUT2D eigenvalue weighted by Gasteiger charge is -2.32. The number of aryl methyl sites for hydroxylation is 1. The molecule has 0 spiro atoms. The summed E-state index contributed by atoms with van der Waals surface area (Å²) in [7, 11) is 0. The lowest BCUT2D eigenvalue weighted by Crippen LogP contribution is -2.47. The zero-order valence-corrected chi connectivity index (χ0v) is 18.2. The predicted molar refractivity (Wildman–Crippen MR) is 115 cm³/mol. The number of hydrogen-bond acceptors (Lipinski definition) is 6. The van der Waals surface area contributed by atoms with Crippen molar-refractivity contribution in [3.63, 3.8) is 0 Å². The van der Waals surface area contributed by atoms with Gasteiger partial charge in [-0.1, -0.05) is 5.16 Å². The average Bonchev–Trinajstić information content (AvgIpc) is 3.17. The van der Waals surface area contributed by atoms with E-state index in [0.717, 1.165) is 0 Å². The average molecular weight is 449 g/mol. The van der Waals surface area contributed by atoms with Gasteiger partial charge in [-0.3, -0.25) is 14.4 Å². The van der Waals surface area contributed by atoms with Crippen LogP contribution in [0.4, 0.5) is 10.2 Å². The van der Waals surface area contributed by atoms with Gasteiger partial charge < -0.3 is 20.1 Å². The van der Waals surface area contributed by atoms with Crippen molar-refractivity contribution >= 4 is 35.3 Å². The Hall–Kier alpha value is -2.88. The van der Waals surface area contributed by atoms with E-state index in [-0.39, 0.29) is 35.3 Å². The van der Waals surface area contributed by atoms with Crippen molar-refractivity contribution in [2.75, 3.05) is 24.2 Å². The SMILES string of the molecule is Cc1cc(NC(=O)C(C)SCC(=O)N2CCC(NC(=O)c3ccc(F)cc3)CC2)no1. The second-order valence-corrected chi connectivity index (χ2v) is 8.73. The summed E-state index contributed by atoms with van der Waals surface area (Å²) in [5.41, 5.74) is 0.407. The summed E-state index contributed by atoms with van der Waals surface area (Å²) in [5, 5.41) is 8.89. The smallest absolute Gasteiger partial charge is 0.251 e. The number of halogens is 1. The summed E-state index contributed by atoms with van der Waals surface area (Å²) in [6.45, 7) is 4.54. The molecule has 0 bridgehead atoms. The molecule has 1 unspecified atom stereocenters. The molecule has 0 radical (unpaired) electrons. The molecule has 2 N–H and O–H groups in total. The van der Waals surface area contributed by atoms with Crippen LogP contribution >= 0.6 is 11.8 Å². The summed E-state index contributed by atoms with van der Waals surface area (Å²) in [4.78, 5) is 38.7. The monoisotopic (exact) mass is 448 g/mol. The van der Waals surface area contributed by atoms with Crippen LogP contribution in [0, 0.1) is 12.7 Å². The Balaban J connectivity index is 1.38. The van der Waals surface area contributed by atoms with E-state index in [1.54, 1.807) is 24.8 Å². The minimum absolute atomic E-state index is 0.0368. The summed E-state index contributed by atoms with van der Waals surface area (Å²) in [5.74, 6) is 0.232. The number of nitrogens with one attached hydrogen (secondary N) is 2. The third-order valence-electron chi connectivity index (χ3n) is 4.99. The van der Waals surface area contributed by atoms with E-state index in [0.29, 0.717) is 43.1 Å². The summed E-state index contributed by atoms with van der Waals surface area (Å²) in [6, 6.07) is 6.98. The first-order chi connectivity index (χ1) is 14.8. The third-order valence-corrected chi connectivity index (χ3v) is 6.12. The number of benzene rings is 1. The second-order valence-electron chi connectivity index (χ2n) is 7.40. The molecule has 1 aromatic carbocycles. The van der Waals surface area contributed by atoms with Crippen molar-refractivity contribution in [3.05, 3.63) is 47.5 Å². The van der Waals surface area contributed by atoms with Crippen molar-refractivity contribution in [1.29, 1.82) is 0 Å². The molecule has 1 aromatic heterocycles. The fourth-order valence-corrected chi connectivity index (χ4v) is 3.95. The lowest BCUT2D eigenvalue weighted by atomic mass is 10.0. The van der Waals surface area contributed by atoms with Gasteiger partial charge in [0.1, 0.15) is 11.6 Å². The van der Waals surface area contributed by atoms with Crippen molar-refractivity contribution in [2.24, 2.45) is 0 Å². The van der Waals surface area contributed by atoms with Crippen molar-refractivity contribution < 1.29 is 23.3 Å². The number of likely N-dealkylation sites (tertiary alicyclic amines) is 1. The molecule has 1 atom stereocenters. The van der Waals surface area contributed by atoms with Gasteiger partial charge in [-0.05, 0) is 51.0 Å². The van der Waals surface area contributed by atoms with E-state index < -0.39 is 5.25 Å². The molecule has 10 heteroatoms. The molecular weight excluding hydrogens is 423 g/mol. The highest BCUT2D eigenvalue weighted by molar-refractivity contribution is 8.01. The van der Waals surface area contributed by atoms with Gasteiger partial charge in [0, 0.05) is 30.8 Å². The highest BCUT2D eigenvalue weighted by atomic mass is 32.2. The lowest BCUT2D eigenvalue weighted by molar-refractivity contribution is -0.129. The highest BCUT2D eigenvalue weighted by Crippen LogP contribution is 2.17. The van der Waals surface area contributed by atoms with Crippen LogP contribution in [0.2, 0.25) is 0 Å². The fourth-order valence-electron chi connectivity index (χ4n) is 3.16. The number of carbonyl (C=O) groups is 3. The molecular formula is C21H25FN4O4S. The number of nitrogens with zero attached hydrogens (tertiary/aromatic N) is 2. The number of thioether (sulfide) groups is 1. The van der Waals surface area contributed by atoms with Crippen LogP contribution in [-0.2, 0) is 9.59 Å². The first-order valence-corrected chi connectivity index (χ1v) is 11.1. The molecule has 8 nitrogen and oxygen atoms in total. The van der Waals surface area contributed by atoms with Crippen LogP contribution in [0.5, 0.6) is 0 Å². The number of piperidine rings is 1. The molecule has 3 amide bonds. The van der Waals surface area contributed by atoms with Crippen LogP contribution in [0.25, 0.3) is 0 Å².